The number of carbonyl (C=O) groups excluding carboxylic acids is 1. The summed E-state index contributed by atoms with van der Waals surface area (Å²) < 4.78 is 0. The number of hydrogen-bond donors (Lipinski definition) is 1. The fourth-order valence-corrected chi connectivity index (χ4v) is 5.75. The van der Waals surface area contributed by atoms with Crippen LogP contribution in [0.1, 0.15) is 58.9 Å². The number of phenolic OH excluding ortho intramolecular Hbond substituents is 1. The number of piperidine rings is 1. The molecule has 1 N–H and O–H groups in total. The van der Waals surface area contributed by atoms with Crippen molar-refractivity contribution in [1.29, 1.82) is 0 Å². The largest absolute Gasteiger partial charge is 0.508 e. The van der Waals surface area contributed by atoms with Gasteiger partial charge >= 0.3 is 0 Å². The molecular weight excluding hydrogens is 394 g/mol. The molecule has 32 heavy (non-hydrogen) atoms. The van der Waals surface area contributed by atoms with Gasteiger partial charge in [-0.25, -0.2) is 0 Å². The number of aldehydes is 1. The van der Waals surface area contributed by atoms with E-state index in [1.807, 2.05) is 12.1 Å². The number of benzene rings is 3. The minimum Gasteiger partial charge on any atom is -0.508 e. The molecule has 0 unspecified atom stereocenters. The number of aromatic hydroxyl groups is 1. The molecule has 3 aromatic rings. The molecule has 0 spiro atoms. The van der Waals surface area contributed by atoms with Gasteiger partial charge in [0.05, 0.1) is 0 Å². The molecule has 3 aromatic carbocycles. The van der Waals surface area contributed by atoms with Crippen LogP contribution in [-0.2, 0) is 11.2 Å². The van der Waals surface area contributed by atoms with Crippen molar-refractivity contribution >= 4 is 12.0 Å². The van der Waals surface area contributed by atoms with Gasteiger partial charge in [0.2, 0.25) is 0 Å². The summed E-state index contributed by atoms with van der Waals surface area (Å²) in [6, 6.07) is 23.7. The van der Waals surface area contributed by atoms with Gasteiger partial charge in [-0.05, 0) is 90.6 Å². The Balaban J connectivity index is 1.52. The van der Waals surface area contributed by atoms with Crippen molar-refractivity contribution in [2.45, 2.75) is 44.4 Å². The first-order valence-corrected chi connectivity index (χ1v) is 11.8. The number of carbonyl (C=O) groups is 1. The molecule has 0 amide bonds. The number of hydrogen-bond acceptors (Lipinski definition) is 3. The summed E-state index contributed by atoms with van der Waals surface area (Å²) in [5, 5.41) is 10.1. The summed E-state index contributed by atoms with van der Waals surface area (Å²) in [4.78, 5) is 13.5. The lowest BCUT2D eigenvalue weighted by Crippen LogP contribution is -2.34. The standard InChI is InChI=1S/C29H31NO2/c1-20-17-24(30-15-13-21(19-31)14-16-30)8-11-26(20)29-27(22-5-3-2-4-6-22)10-7-23-18-25(32)9-12-28(23)29/h2-6,8-9,11-12,17-19,21,27,29,32H,7,10,13-16H2,1H3/t27-,29+/m0/s1. The van der Waals surface area contributed by atoms with Gasteiger partial charge in [-0.15, -0.1) is 0 Å². The second-order valence-corrected chi connectivity index (χ2v) is 9.42. The third-order valence-electron chi connectivity index (χ3n) is 7.50. The zero-order valence-corrected chi connectivity index (χ0v) is 18.7. The Morgan fingerprint density at radius 3 is 2.38 bits per heavy atom. The highest BCUT2D eigenvalue weighted by atomic mass is 16.3. The van der Waals surface area contributed by atoms with E-state index in [0.29, 0.717) is 11.7 Å². The number of aryl methyl sites for hydroxylation is 2. The molecule has 1 aliphatic carbocycles. The quantitative estimate of drug-likeness (QED) is 0.523. The Kier molecular flexibility index (Phi) is 5.73. The minimum atomic E-state index is 0.216. The third-order valence-corrected chi connectivity index (χ3v) is 7.50. The van der Waals surface area contributed by atoms with Crippen LogP contribution in [0.4, 0.5) is 5.69 Å². The van der Waals surface area contributed by atoms with Crippen LogP contribution in [0.3, 0.4) is 0 Å². The predicted octanol–water partition coefficient (Wildman–Crippen LogP) is 5.98. The maximum absolute atomic E-state index is 11.1. The Bertz CT molecular complexity index is 1100. The van der Waals surface area contributed by atoms with Gasteiger partial charge in [-0.2, -0.15) is 0 Å². The Morgan fingerprint density at radius 1 is 0.906 bits per heavy atom. The van der Waals surface area contributed by atoms with E-state index in [2.05, 4.69) is 66.4 Å². The Hall–Kier alpha value is -3.07. The molecule has 1 heterocycles. The van der Waals surface area contributed by atoms with Crippen molar-refractivity contribution in [2.75, 3.05) is 18.0 Å². The monoisotopic (exact) mass is 425 g/mol. The maximum Gasteiger partial charge on any atom is 0.123 e. The molecular formula is C29H31NO2. The topological polar surface area (TPSA) is 40.5 Å². The van der Waals surface area contributed by atoms with Gasteiger partial charge in [0.25, 0.3) is 0 Å². The first-order chi connectivity index (χ1) is 15.6. The normalized spacial score (nSPS) is 21.2. The first-order valence-electron chi connectivity index (χ1n) is 11.8. The van der Waals surface area contributed by atoms with Crippen molar-refractivity contribution in [3.63, 3.8) is 0 Å². The summed E-state index contributed by atoms with van der Waals surface area (Å²) in [6.45, 7) is 4.12. The van der Waals surface area contributed by atoms with Crippen LogP contribution < -0.4 is 4.90 Å². The smallest absolute Gasteiger partial charge is 0.123 e. The Labute approximate surface area is 190 Å². The molecule has 5 rings (SSSR count). The van der Waals surface area contributed by atoms with E-state index in [9.17, 15) is 9.90 Å². The van der Waals surface area contributed by atoms with E-state index in [0.717, 1.165) is 45.1 Å². The zero-order valence-electron chi connectivity index (χ0n) is 18.7. The van der Waals surface area contributed by atoms with Crippen molar-refractivity contribution < 1.29 is 9.90 Å². The molecule has 1 aliphatic heterocycles. The van der Waals surface area contributed by atoms with E-state index in [1.54, 1.807) is 0 Å². The summed E-state index contributed by atoms with van der Waals surface area (Å²) in [7, 11) is 0. The van der Waals surface area contributed by atoms with Gasteiger partial charge in [0, 0.05) is 30.6 Å². The number of phenols is 1. The van der Waals surface area contributed by atoms with Crippen LogP contribution in [0, 0.1) is 12.8 Å². The molecule has 3 heteroatoms. The van der Waals surface area contributed by atoms with E-state index >= 15 is 0 Å². The molecule has 1 saturated heterocycles. The van der Waals surface area contributed by atoms with Crippen LogP contribution in [-0.4, -0.2) is 24.5 Å². The van der Waals surface area contributed by atoms with Crippen molar-refractivity contribution in [1.82, 2.24) is 0 Å². The van der Waals surface area contributed by atoms with E-state index in [1.165, 1.54) is 33.5 Å². The Morgan fingerprint density at radius 2 is 1.66 bits per heavy atom. The molecule has 1 fully saturated rings. The molecule has 2 atom stereocenters. The van der Waals surface area contributed by atoms with Crippen LogP contribution in [0.2, 0.25) is 0 Å². The van der Waals surface area contributed by atoms with Crippen LogP contribution in [0.25, 0.3) is 0 Å². The fraction of sp³-hybridized carbons (Fsp3) is 0.345. The van der Waals surface area contributed by atoms with E-state index in [4.69, 9.17) is 0 Å². The van der Waals surface area contributed by atoms with Crippen molar-refractivity contribution in [3.05, 3.63) is 94.5 Å². The van der Waals surface area contributed by atoms with Crippen LogP contribution in [0.15, 0.2) is 66.7 Å². The van der Waals surface area contributed by atoms with Gasteiger partial charge in [0.1, 0.15) is 12.0 Å². The maximum atomic E-state index is 11.1. The summed E-state index contributed by atoms with van der Waals surface area (Å²) in [5.74, 6) is 1.26. The fourth-order valence-electron chi connectivity index (χ4n) is 5.75. The number of anilines is 1. The molecule has 0 radical (unpaired) electrons. The highest BCUT2D eigenvalue weighted by molar-refractivity contribution is 5.58. The number of fused-ring (bicyclic) bond motifs is 1. The van der Waals surface area contributed by atoms with Crippen LogP contribution in [0.5, 0.6) is 5.75 Å². The highest BCUT2D eigenvalue weighted by Gasteiger charge is 2.33. The van der Waals surface area contributed by atoms with Crippen molar-refractivity contribution in [3.8, 4) is 5.75 Å². The number of rotatable bonds is 4. The second kappa shape index (κ2) is 8.82. The molecule has 0 saturated carbocycles. The zero-order chi connectivity index (χ0) is 22.1. The predicted molar refractivity (Wildman–Crippen MR) is 130 cm³/mol. The van der Waals surface area contributed by atoms with Gasteiger partial charge in [0.15, 0.2) is 0 Å². The van der Waals surface area contributed by atoms with Crippen LogP contribution >= 0.6 is 0 Å². The second-order valence-electron chi connectivity index (χ2n) is 9.42. The third kappa shape index (κ3) is 3.92. The average Bonchev–Trinajstić information content (AvgIpc) is 2.84. The van der Waals surface area contributed by atoms with E-state index < -0.39 is 0 Å². The lowest BCUT2D eigenvalue weighted by molar-refractivity contribution is -0.111. The van der Waals surface area contributed by atoms with Gasteiger partial charge in [-0.3, -0.25) is 0 Å². The van der Waals surface area contributed by atoms with E-state index in [-0.39, 0.29) is 11.8 Å². The SMILES string of the molecule is Cc1cc(N2CCC(C=O)CC2)ccc1[C@H]1c2ccc(O)cc2CC[C@H]1c1ccccc1. The average molecular weight is 426 g/mol. The minimum absolute atomic E-state index is 0.216. The molecule has 3 nitrogen and oxygen atoms in total. The summed E-state index contributed by atoms with van der Waals surface area (Å²) >= 11 is 0. The lowest BCUT2D eigenvalue weighted by Gasteiger charge is -2.36. The van der Waals surface area contributed by atoms with Gasteiger partial charge in [-0.1, -0.05) is 42.5 Å². The molecule has 0 aromatic heterocycles. The first kappa shape index (κ1) is 20.8. The highest BCUT2D eigenvalue weighted by Crippen LogP contribution is 2.48. The summed E-state index contributed by atoms with van der Waals surface area (Å²) in [6.07, 6.45) is 5.07. The molecule has 2 aliphatic rings. The van der Waals surface area contributed by atoms with Gasteiger partial charge < -0.3 is 14.8 Å². The summed E-state index contributed by atoms with van der Waals surface area (Å²) in [5.41, 5.74) is 7.93. The molecule has 0 bridgehead atoms. The molecule has 164 valence electrons. The van der Waals surface area contributed by atoms with Crippen molar-refractivity contribution in [2.24, 2.45) is 5.92 Å². The number of nitrogens with zero attached hydrogens (tertiary/aromatic N) is 1. The lowest BCUT2D eigenvalue weighted by atomic mass is 9.68.